The molecule has 2 aromatic rings. The molecule has 1 unspecified atom stereocenters. The third-order valence-electron chi connectivity index (χ3n) is 7.98. The average Bonchev–Trinajstić information content (AvgIpc) is 3.25. The van der Waals surface area contributed by atoms with Crippen LogP contribution >= 0.6 is 0 Å². The van der Waals surface area contributed by atoms with Crippen molar-refractivity contribution in [2.45, 2.75) is 76.8 Å². The number of amides is 5. The smallest absolute Gasteiger partial charge is 0.303 e. The second-order valence-electron chi connectivity index (χ2n) is 11.6. The van der Waals surface area contributed by atoms with Gasteiger partial charge in [-0.1, -0.05) is 31.0 Å². The number of nitrogens with zero attached hydrogens (tertiary/aromatic N) is 2. The van der Waals surface area contributed by atoms with Crippen LogP contribution in [0.25, 0.3) is 0 Å². The van der Waals surface area contributed by atoms with Crippen molar-refractivity contribution in [1.82, 2.24) is 15.1 Å². The van der Waals surface area contributed by atoms with Gasteiger partial charge in [-0.05, 0) is 75.5 Å². The Morgan fingerprint density at radius 2 is 1.67 bits per heavy atom. The first-order chi connectivity index (χ1) is 21.6. The fourth-order valence-electron chi connectivity index (χ4n) is 5.62. The number of piperidine rings is 1. The van der Waals surface area contributed by atoms with Gasteiger partial charge in [-0.15, -0.1) is 0 Å². The molecular formula is C33H41N5O7. The number of imide groups is 2. The SMILES string of the molecule is CN(CCCCNc1cccc2c1C(=O)N(C1CCC(=O)NC1=O)C2=O)Cc1ccc(NC(=O)CCCCCCC(=O)O)cc1. The third kappa shape index (κ3) is 9.21. The molecule has 2 aliphatic heterocycles. The molecule has 1 saturated heterocycles. The van der Waals surface area contributed by atoms with Crippen molar-refractivity contribution in [2.75, 3.05) is 30.8 Å². The maximum absolute atomic E-state index is 13.2. The molecule has 12 nitrogen and oxygen atoms in total. The molecule has 45 heavy (non-hydrogen) atoms. The minimum absolute atomic E-state index is 0.0465. The summed E-state index contributed by atoms with van der Waals surface area (Å²) in [5.41, 5.74) is 2.94. The molecule has 1 atom stereocenters. The molecule has 4 rings (SSSR count). The van der Waals surface area contributed by atoms with Crippen LogP contribution in [0.2, 0.25) is 0 Å². The van der Waals surface area contributed by atoms with Crippen molar-refractivity contribution in [2.24, 2.45) is 0 Å². The molecule has 0 bridgehead atoms. The minimum Gasteiger partial charge on any atom is -0.481 e. The van der Waals surface area contributed by atoms with E-state index in [0.717, 1.165) is 61.3 Å². The van der Waals surface area contributed by atoms with Gasteiger partial charge in [0.2, 0.25) is 17.7 Å². The first-order valence-electron chi connectivity index (χ1n) is 15.5. The number of carboxylic acids is 1. The largest absolute Gasteiger partial charge is 0.481 e. The topological polar surface area (TPSA) is 165 Å². The quantitative estimate of drug-likeness (QED) is 0.152. The number of anilines is 2. The van der Waals surface area contributed by atoms with Gasteiger partial charge >= 0.3 is 5.97 Å². The number of aliphatic carboxylic acids is 1. The Kier molecular flexibility index (Phi) is 11.8. The van der Waals surface area contributed by atoms with Gasteiger partial charge in [0.1, 0.15) is 6.04 Å². The van der Waals surface area contributed by atoms with Crippen LogP contribution in [0.3, 0.4) is 0 Å². The van der Waals surface area contributed by atoms with Gasteiger partial charge < -0.3 is 20.6 Å². The minimum atomic E-state index is -0.993. The lowest BCUT2D eigenvalue weighted by Gasteiger charge is -2.27. The second-order valence-corrected chi connectivity index (χ2v) is 11.6. The number of carbonyl (C=O) groups excluding carboxylic acids is 5. The zero-order chi connectivity index (χ0) is 32.3. The van der Waals surface area contributed by atoms with Crippen molar-refractivity contribution in [3.63, 3.8) is 0 Å². The van der Waals surface area contributed by atoms with Gasteiger partial charge in [-0.25, -0.2) is 0 Å². The molecule has 0 saturated carbocycles. The summed E-state index contributed by atoms with van der Waals surface area (Å²) in [6, 6.07) is 11.8. The van der Waals surface area contributed by atoms with Crippen LogP contribution < -0.4 is 16.0 Å². The van der Waals surface area contributed by atoms with E-state index in [4.69, 9.17) is 5.11 Å². The van der Waals surface area contributed by atoms with Crippen molar-refractivity contribution in [1.29, 1.82) is 0 Å². The Balaban J connectivity index is 1.15. The second kappa shape index (κ2) is 15.9. The predicted octanol–water partition coefficient (Wildman–Crippen LogP) is 3.78. The molecule has 0 radical (unpaired) electrons. The summed E-state index contributed by atoms with van der Waals surface area (Å²) in [5.74, 6) is -2.91. The molecule has 5 amide bonds. The van der Waals surface area contributed by atoms with E-state index < -0.39 is 35.6 Å². The van der Waals surface area contributed by atoms with Crippen LogP contribution in [-0.2, 0) is 25.7 Å². The summed E-state index contributed by atoms with van der Waals surface area (Å²) in [5, 5.41) is 17.1. The Bertz CT molecular complexity index is 1430. The van der Waals surface area contributed by atoms with E-state index in [1.54, 1.807) is 18.2 Å². The number of benzene rings is 2. The first kappa shape index (κ1) is 33.3. The van der Waals surface area contributed by atoms with Gasteiger partial charge in [0.25, 0.3) is 11.8 Å². The average molecular weight is 620 g/mol. The van der Waals surface area contributed by atoms with Gasteiger partial charge in [0.15, 0.2) is 0 Å². The number of hydrogen-bond donors (Lipinski definition) is 4. The summed E-state index contributed by atoms with van der Waals surface area (Å²) in [7, 11) is 2.04. The molecule has 2 heterocycles. The Hall–Kier alpha value is -4.58. The molecular weight excluding hydrogens is 578 g/mol. The highest BCUT2D eigenvalue weighted by Crippen LogP contribution is 2.32. The molecule has 2 aliphatic rings. The Labute approximate surface area is 262 Å². The zero-order valence-corrected chi connectivity index (χ0v) is 25.6. The molecule has 12 heteroatoms. The fourth-order valence-corrected chi connectivity index (χ4v) is 5.62. The van der Waals surface area contributed by atoms with Gasteiger partial charge in [0, 0.05) is 43.7 Å². The standard InChI is InChI=1S/C33H41N5O7/c1-37(21-22-13-15-23(16-14-22)35-27(39)11-4-2-3-5-12-29(41)42)20-7-6-19-34-25-10-8-9-24-30(25)33(45)38(32(24)44)26-17-18-28(40)36-31(26)43/h8-10,13-16,26,34H,2-7,11-12,17-21H2,1H3,(H,35,39)(H,41,42)(H,36,40,43). The third-order valence-corrected chi connectivity index (χ3v) is 7.98. The van der Waals surface area contributed by atoms with Crippen molar-refractivity contribution in [3.05, 3.63) is 59.2 Å². The summed E-state index contributed by atoms with van der Waals surface area (Å²) >= 11 is 0. The molecule has 4 N–H and O–H groups in total. The van der Waals surface area contributed by atoms with E-state index in [-0.39, 0.29) is 36.3 Å². The summed E-state index contributed by atoms with van der Waals surface area (Å²) in [6.07, 6.45) is 5.53. The lowest BCUT2D eigenvalue weighted by Crippen LogP contribution is -2.54. The maximum atomic E-state index is 13.2. The number of unbranched alkanes of at least 4 members (excludes halogenated alkanes) is 4. The Morgan fingerprint density at radius 3 is 2.38 bits per heavy atom. The molecule has 0 aromatic heterocycles. The van der Waals surface area contributed by atoms with Crippen molar-refractivity contribution in [3.8, 4) is 0 Å². The van der Waals surface area contributed by atoms with E-state index in [1.807, 2.05) is 31.3 Å². The van der Waals surface area contributed by atoms with E-state index in [0.29, 0.717) is 25.1 Å². The van der Waals surface area contributed by atoms with Crippen LogP contribution in [0.5, 0.6) is 0 Å². The number of carboxylic acid groups (broad SMARTS) is 1. The van der Waals surface area contributed by atoms with Crippen molar-refractivity contribution < 1.29 is 33.9 Å². The number of nitrogens with one attached hydrogen (secondary N) is 3. The molecule has 240 valence electrons. The number of hydrogen-bond acceptors (Lipinski definition) is 8. The summed E-state index contributed by atoms with van der Waals surface area (Å²) in [6.45, 7) is 2.19. The Morgan fingerprint density at radius 1 is 0.933 bits per heavy atom. The van der Waals surface area contributed by atoms with Crippen LogP contribution in [0.1, 0.15) is 90.5 Å². The zero-order valence-electron chi connectivity index (χ0n) is 25.6. The number of fused-ring (bicyclic) bond motifs is 1. The fraction of sp³-hybridized carbons (Fsp3) is 0.455. The summed E-state index contributed by atoms with van der Waals surface area (Å²) in [4.78, 5) is 76.0. The molecule has 0 spiro atoms. The molecule has 0 aliphatic carbocycles. The van der Waals surface area contributed by atoms with Gasteiger partial charge in [-0.3, -0.25) is 39.0 Å². The van der Waals surface area contributed by atoms with Gasteiger partial charge in [-0.2, -0.15) is 0 Å². The summed E-state index contributed by atoms with van der Waals surface area (Å²) < 4.78 is 0. The van der Waals surface area contributed by atoms with E-state index >= 15 is 0 Å². The van der Waals surface area contributed by atoms with Crippen LogP contribution in [0.15, 0.2) is 42.5 Å². The highest BCUT2D eigenvalue weighted by molar-refractivity contribution is 6.25. The molecule has 2 aromatic carbocycles. The lowest BCUT2D eigenvalue weighted by molar-refractivity contribution is -0.138. The lowest BCUT2D eigenvalue weighted by atomic mass is 10.0. The van der Waals surface area contributed by atoms with Gasteiger partial charge in [0.05, 0.1) is 11.1 Å². The normalized spacial score (nSPS) is 16.1. The highest BCUT2D eigenvalue weighted by Gasteiger charge is 2.45. The van der Waals surface area contributed by atoms with Crippen LogP contribution in [-0.4, -0.2) is 76.6 Å². The predicted molar refractivity (Wildman–Crippen MR) is 168 cm³/mol. The number of carbonyl (C=O) groups is 6. The number of rotatable bonds is 17. The van der Waals surface area contributed by atoms with E-state index in [9.17, 15) is 28.8 Å². The monoisotopic (exact) mass is 619 g/mol. The van der Waals surface area contributed by atoms with E-state index in [1.165, 1.54) is 0 Å². The highest BCUT2D eigenvalue weighted by atomic mass is 16.4. The van der Waals surface area contributed by atoms with E-state index in [2.05, 4.69) is 20.9 Å². The van der Waals surface area contributed by atoms with Crippen LogP contribution in [0.4, 0.5) is 11.4 Å². The molecule has 1 fully saturated rings. The van der Waals surface area contributed by atoms with Crippen LogP contribution in [0, 0.1) is 0 Å². The maximum Gasteiger partial charge on any atom is 0.303 e. The van der Waals surface area contributed by atoms with Crippen molar-refractivity contribution >= 4 is 46.9 Å². The first-order valence-corrected chi connectivity index (χ1v) is 15.5.